The molecule has 9 heteroatoms. The Bertz CT molecular complexity index is 1060. The van der Waals surface area contributed by atoms with Crippen LogP contribution in [0.3, 0.4) is 0 Å². The third-order valence-electron chi connectivity index (χ3n) is 7.30. The second-order valence-electron chi connectivity index (χ2n) is 9.15. The highest BCUT2D eigenvalue weighted by atomic mass is 32.2. The van der Waals surface area contributed by atoms with Gasteiger partial charge in [-0.05, 0) is 30.7 Å². The minimum absolute atomic E-state index is 0.0578. The number of carbonyl (C=O) groups is 3. The fraction of sp³-hybridized carbons (Fsp3) is 0.480. The lowest BCUT2D eigenvalue weighted by atomic mass is 9.78. The third kappa shape index (κ3) is 3.36. The van der Waals surface area contributed by atoms with Crippen LogP contribution in [-0.4, -0.2) is 89.1 Å². The van der Waals surface area contributed by atoms with Crippen molar-refractivity contribution in [1.82, 2.24) is 9.80 Å². The number of nitrogens with zero attached hydrogens (tertiary/aromatic N) is 3. The second-order valence-corrected chi connectivity index (χ2v) is 10.6. The molecule has 180 valence electrons. The standard InChI is InChI=1S/C25H29N3O5S/c1-26-12-3-6-18-19(22(26)30)20-23(31)28(14-5-15-29)21-24(32)27(13-4-11-25(20,21)34-18)16-7-9-17(33-2)10-8-16/h3-4,6-11,18-21,29H,5,12-15H2,1-2H3/t18-,19+,20-,21?,25-/m0/s1. The van der Waals surface area contributed by atoms with E-state index in [9.17, 15) is 19.5 Å². The van der Waals surface area contributed by atoms with Crippen LogP contribution < -0.4 is 9.64 Å². The molecule has 0 aromatic heterocycles. The number of amides is 3. The van der Waals surface area contributed by atoms with E-state index in [1.165, 1.54) is 0 Å². The molecule has 8 nitrogen and oxygen atoms in total. The van der Waals surface area contributed by atoms with Gasteiger partial charge in [0.1, 0.15) is 11.8 Å². The van der Waals surface area contributed by atoms with E-state index in [-0.39, 0.29) is 36.1 Å². The number of likely N-dealkylation sites (N-methyl/N-ethyl adjacent to an activating group) is 1. The van der Waals surface area contributed by atoms with Crippen molar-refractivity contribution in [2.24, 2.45) is 11.8 Å². The van der Waals surface area contributed by atoms with E-state index in [0.717, 1.165) is 5.69 Å². The lowest BCUT2D eigenvalue weighted by Crippen LogP contribution is -2.53. The van der Waals surface area contributed by atoms with Crippen LogP contribution in [-0.2, 0) is 14.4 Å². The number of anilines is 1. The minimum Gasteiger partial charge on any atom is -0.497 e. The van der Waals surface area contributed by atoms with Crippen LogP contribution in [0.4, 0.5) is 5.69 Å². The molecule has 4 aliphatic heterocycles. The highest BCUT2D eigenvalue weighted by Gasteiger charge is 2.70. The van der Waals surface area contributed by atoms with Gasteiger partial charge >= 0.3 is 0 Å². The monoisotopic (exact) mass is 483 g/mol. The van der Waals surface area contributed by atoms with E-state index >= 15 is 0 Å². The largest absolute Gasteiger partial charge is 0.497 e. The van der Waals surface area contributed by atoms with E-state index in [1.807, 2.05) is 36.4 Å². The summed E-state index contributed by atoms with van der Waals surface area (Å²) in [6.07, 6.45) is 8.32. The maximum atomic E-state index is 14.1. The SMILES string of the molecule is COc1ccc(N2CC=C[C@]34S[C@H]5C=CCN(C)C(=O)[C@H]5[C@H]3C(=O)N(CCCO)C4C2=O)cc1. The van der Waals surface area contributed by atoms with Crippen LogP contribution in [0.2, 0.25) is 0 Å². The Morgan fingerprint density at radius 2 is 1.85 bits per heavy atom. The number of thioether (sulfide) groups is 1. The first kappa shape index (κ1) is 23.0. The smallest absolute Gasteiger partial charge is 0.251 e. The first-order chi connectivity index (χ1) is 16.4. The van der Waals surface area contributed by atoms with Gasteiger partial charge in [0, 0.05) is 44.2 Å². The van der Waals surface area contributed by atoms with Gasteiger partial charge in [0.05, 0.1) is 23.7 Å². The summed E-state index contributed by atoms with van der Waals surface area (Å²) in [4.78, 5) is 46.3. The number of fused-ring (bicyclic) bond motifs is 2. The number of rotatable bonds is 5. The van der Waals surface area contributed by atoms with Crippen molar-refractivity contribution in [1.29, 1.82) is 0 Å². The number of methoxy groups -OCH3 is 1. The molecule has 2 fully saturated rings. The number of hydrogen-bond acceptors (Lipinski definition) is 6. The van der Waals surface area contributed by atoms with Gasteiger partial charge in [0.25, 0.3) is 5.91 Å². The van der Waals surface area contributed by atoms with E-state index in [4.69, 9.17) is 4.74 Å². The molecule has 1 aromatic rings. The molecule has 4 heterocycles. The van der Waals surface area contributed by atoms with Gasteiger partial charge in [-0.15, -0.1) is 11.8 Å². The summed E-state index contributed by atoms with van der Waals surface area (Å²) in [7, 11) is 3.35. The Morgan fingerprint density at radius 1 is 1.09 bits per heavy atom. The fourth-order valence-electron chi connectivity index (χ4n) is 5.74. The van der Waals surface area contributed by atoms with Gasteiger partial charge < -0.3 is 24.5 Å². The van der Waals surface area contributed by atoms with Crippen molar-refractivity contribution in [3.8, 4) is 5.75 Å². The fourth-order valence-corrected chi connectivity index (χ4v) is 7.75. The molecule has 0 bridgehead atoms. The normalized spacial score (nSPS) is 32.4. The molecular formula is C25H29N3O5S. The molecule has 5 atom stereocenters. The number of ether oxygens (including phenoxy) is 1. The molecule has 34 heavy (non-hydrogen) atoms. The van der Waals surface area contributed by atoms with Crippen LogP contribution in [0, 0.1) is 11.8 Å². The number of likely N-dealkylation sites (tertiary alicyclic amines) is 1. The maximum absolute atomic E-state index is 14.1. The lowest BCUT2D eigenvalue weighted by Gasteiger charge is -2.35. The molecule has 1 spiro atoms. The van der Waals surface area contributed by atoms with Crippen molar-refractivity contribution < 1.29 is 24.2 Å². The quantitative estimate of drug-likeness (QED) is 0.635. The lowest BCUT2D eigenvalue weighted by molar-refractivity contribution is -0.142. The number of aliphatic hydroxyl groups excluding tert-OH is 1. The van der Waals surface area contributed by atoms with Crippen molar-refractivity contribution in [3.63, 3.8) is 0 Å². The van der Waals surface area contributed by atoms with E-state index in [1.54, 1.807) is 52.8 Å². The minimum atomic E-state index is -0.835. The molecule has 2 saturated heterocycles. The van der Waals surface area contributed by atoms with Crippen molar-refractivity contribution in [2.75, 3.05) is 45.3 Å². The molecule has 1 N–H and O–H groups in total. The van der Waals surface area contributed by atoms with Crippen LogP contribution in [0.5, 0.6) is 5.75 Å². The van der Waals surface area contributed by atoms with Gasteiger partial charge in [-0.1, -0.05) is 24.3 Å². The molecule has 1 aromatic carbocycles. The number of aliphatic hydroxyl groups is 1. The summed E-state index contributed by atoms with van der Waals surface area (Å²) in [6, 6.07) is 6.53. The van der Waals surface area contributed by atoms with Crippen LogP contribution >= 0.6 is 11.8 Å². The number of hydrogen-bond donors (Lipinski definition) is 1. The van der Waals surface area contributed by atoms with Crippen LogP contribution in [0.25, 0.3) is 0 Å². The second kappa shape index (κ2) is 8.78. The van der Waals surface area contributed by atoms with E-state index in [0.29, 0.717) is 25.3 Å². The highest BCUT2D eigenvalue weighted by Crippen LogP contribution is 2.61. The molecule has 5 rings (SSSR count). The van der Waals surface area contributed by atoms with Crippen molar-refractivity contribution >= 4 is 35.2 Å². The Balaban J connectivity index is 1.59. The zero-order chi connectivity index (χ0) is 24.0. The summed E-state index contributed by atoms with van der Waals surface area (Å²) >= 11 is 1.56. The molecule has 0 aliphatic carbocycles. The Labute approximate surface area is 203 Å². The average Bonchev–Trinajstić information content (AvgIpc) is 3.16. The van der Waals surface area contributed by atoms with Crippen LogP contribution in [0.15, 0.2) is 48.6 Å². The molecule has 4 aliphatic rings. The average molecular weight is 484 g/mol. The third-order valence-corrected chi connectivity index (χ3v) is 9.05. The Hall–Kier alpha value is -2.78. The zero-order valence-corrected chi connectivity index (χ0v) is 20.1. The maximum Gasteiger partial charge on any atom is 0.251 e. The highest BCUT2D eigenvalue weighted by molar-refractivity contribution is 8.02. The summed E-state index contributed by atoms with van der Waals surface area (Å²) in [5.74, 6) is -0.854. The zero-order valence-electron chi connectivity index (χ0n) is 19.3. The van der Waals surface area contributed by atoms with Gasteiger partial charge in [-0.2, -0.15) is 0 Å². The van der Waals surface area contributed by atoms with E-state index in [2.05, 4.69) is 0 Å². The summed E-state index contributed by atoms with van der Waals surface area (Å²) in [5.41, 5.74) is 0.721. The summed E-state index contributed by atoms with van der Waals surface area (Å²) in [6.45, 7) is 1.08. The Kier molecular flexibility index (Phi) is 5.93. The summed E-state index contributed by atoms with van der Waals surface area (Å²) < 4.78 is 4.42. The molecular weight excluding hydrogens is 454 g/mol. The van der Waals surface area contributed by atoms with Gasteiger partial charge in [0.15, 0.2) is 0 Å². The Morgan fingerprint density at radius 3 is 2.56 bits per heavy atom. The first-order valence-corrected chi connectivity index (χ1v) is 12.4. The van der Waals surface area contributed by atoms with Gasteiger partial charge in [-0.25, -0.2) is 0 Å². The number of benzene rings is 1. The molecule has 1 unspecified atom stereocenters. The number of carbonyl (C=O) groups excluding carboxylic acids is 3. The topological polar surface area (TPSA) is 90.4 Å². The van der Waals surface area contributed by atoms with E-state index < -0.39 is 22.6 Å². The van der Waals surface area contributed by atoms with Crippen LogP contribution in [0.1, 0.15) is 6.42 Å². The molecule has 3 amide bonds. The van der Waals surface area contributed by atoms with Crippen molar-refractivity contribution in [2.45, 2.75) is 22.5 Å². The summed E-state index contributed by atoms with van der Waals surface area (Å²) in [5, 5.41) is 9.31. The predicted octanol–water partition coefficient (Wildman–Crippen LogP) is 1.31. The predicted molar refractivity (Wildman–Crippen MR) is 130 cm³/mol. The van der Waals surface area contributed by atoms with Crippen molar-refractivity contribution in [3.05, 3.63) is 48.6 Å². The molecule has 0 radical (unpaired) electrons. The van der Waals surface area contributed by atoms with Gasteiger partial charge in [0.2, 0.25) is 11.8 Å². The molecule has 0 saturated carbocycles. The first-order valence-electron chi connectivity index (χ1n) is 11.6. The van der Waals surface area contributed by atoms with Gasteiger partial charge in [-0.3, -0.25) is 14.4 Å².